The van der Waals surface area contributed by atoms with Gasteiger partial charge in [-0.15, -0.1) is 0 Å². The molecule has 5 rings (SSSR count). The number of para-hydroxylation sites is 1. The molecular formula is C30H45N5O4. The van der Waals surface area contributed by atoms with Crippen LogP contribution in [-0.4, -0.2) is 83.2 Å². The Kier molecular flexibility index (Phi) is 7.33. The summed E-state index contributed by atoms with van der Waals surface area (Å²) in [6.07, 6.45) is 5.38. The Hall–Kier alpha value is -2.81. The molecule has 2 unspecified atom stereocenters. The van der Waals surface area contributed by atoms with Crippen molar-refractivity contribution in [3.8, 4) is 0 Å². The summed E-state index contributed by atoms with van der Waals surface area (Å²) in [5, 5.41) is 3.32. The van der Waals surface area contributed by atoms with Crippen LogP contribution in [0, 0.1) is 5.41 Å². The summed E-state index contributed by atoms with van der Waals surface area (Å²) in [7, 11) is 2.22. The lowest BCUT2D eigenvalue weighted by atomic mass is 9.82. The Balaban J connectivity index is 1.35. The highest BCUT2D eigenvalue weighted by Crippen LogP contribution is 2.35. The number of oxazole rings is 1. The molecule has 3 atom stereocenters. The van der Waals surface area contributed by atoms with E-state index in [0.717, 1.165) is 12.8 Å². The highest BCUT2D eigenvalue weighted by molar-refractivity contribution is 6.04. The van der Waals surface area contributed by atoms with E-state index in [1.165, 1.54) is 19.3 Å². The van der Waals surface area contributed by atoms with Gasteiger partial charge in [-0.1, -0.05) is 33.3 Å². The summed E-state index contributed by atoms with van der Waals surface area (Å²) in [5.41, 5.74) is 1.02. The predicted molar refractivity (Wildman–Crippen MR) is 152 cm³/mol. The van der Waals surface area contributed by atoms with Gasteiger partial charge in [-0.3, -0.25) is 4.79 Å². The van der Waals surface area contributed by atoms with Gasteiger partial charge in [-0.2, -0.15) is 4.98 Å². The van der Waals surface area contributed by atoms with Crippen molar-refractivity contribution in [1.29, 1.82) is 0 Å². The van der Waals surface area contributed by atoms with E-state index in [0.29, 0.717) is 54.4 Å². The van der Waals surface area contributed by atoms with Crippen molar-refractivity contribution in [3.05, 3.63) is 23.8 Å². The maximum absolute atomic E-state index is 13.5. The number of carbonyl (C=O) groups is 2. The molecule has 0 radical (unpaired) electrons. The summed E-state index contributed by atoms with van der Waals surface area (Å²) < 4.78 is 11.9. The van der Waals surface area contributed by atoms with E-state index in [1.54, 1.807) is 4.90 Å². The van der Waals surface area contributed by atoms with E-state index < -0.39 is 5.60 Å². The fourth-order valence-electron chi connectivity index (χ4n) is 6.49. The fourth-order valence-corrected chi connectivity index (χ4v) is 6.49. The van der Waals surface area contributed by atoms with E-state index in [4.69, 9.17) is 14.1 Å². The summed E-state index contributed by atoms with van der Waals surface area (Å²) in [6, 6.07) is 7.28. The van der Waals surface area contributed by atoms with Crippen molar-refractivity contribution < 1.29 is 18.7 Å². The number of benzene rings is 1. The van der Waals surface area contributed by atoms with Gasteiger partial charge in [0.1, 0.15) is 11.1 Å². The molecule has 3 saturated heterocycles. The van der Waals surface area contributed by atoms with Crippen LogP contribution in [0.15, 0.2) is 22.6 Å². The van der Waals surface area contributed by atoms with Gasteiger partial charge >= 0.3 is 6.09 Å². The van der Waals surface area contributed by atoms with Crippen LogP contribution < -0.4 is 10.2 Å². The number of fused-ring (bicyclic) bond motifs is 3. The number of anilines is 1. The van der Waals surface area contributed by atoms with Crippen LogP contribution >= 0.6 is 0 Å². The van der Waals surface area contributed by atoms with Gasteiger partial charge < -0.3 is 29.2 Å². The van der Waals surface area contributed by atoms with Crippen molar-refractivity contribution in [1.82, 2.24) is 20.1 Å². The van der Waals surface area contributed by atoms with Crippen LogP contribution in [0.3, 0.4) is 0 Å². The van der Waals surface area contributed by atoms with E-state index in [1.807, 2.05) is 39.0 Å². The SMILES string of the molecule is CN1C2CCCC1CC(NC(=O)c1cccc3oc(N4CCN(C(=O)OC(C)(C)C)C[C@@H]4C(C)(C)C)nc13)C2. The maximum atomic E-state index is 13.5. The number of nitrogens with one attached hydrogen (secondary N) is 1. The molecule has 2 amide bonds. The Morgan fingerprint density at radius 1 is 1.05 bits per heavy atom. The number of hydrogen-bond donors (Lipinski definition) is 1. The molecule has 0 spiro atoms. The predicted octanol–water partition coefficient (Wildman–Crippen LogP) is 5.04. The molecule has 4 heterocycles. The number of piperazine rings is 1. The quantitative estimate of drug-likeness (QED) is 0.584. The molecule has 1 aromatic heterocycles. The lowest BCUT2D eigenvalue weighted by Gasteiger charge is -2.47. The van der Waals surface area contributed by atoms with Gasteiger partial charge in [-0.25, -0.2) is 4.79 Å². The second kappa shape index (κ2) is 10.3. The largest absolute Gasteiger partial charge is 0.444 e. The van der Waals surface area contributed by atoms with Crippen LogP contribution in [-0.2, 0) is 4.74 Å². The van der Waals surface area contributed by atoms with Gasteiger partial charge in [-0.05, 0) is 71.0 Å². The van der Waals surface area contributed by atoms with Gasteiger partial charge in [0.15, 0.2) is 5.58 Å². The van der Waals surface area contributed by atoms with E-state index in [9.17, 15) is 9.59 Å². The minimum absolute atomic E-state index is 0.0391. The molecule has 3 aliphatic heterocycles. The molecule has 2 bridgehead atoms. The average Bonchev–Trinajstić information content (AvgIpc) is 3.27. The second-order valence-electron chi connectivity index (χ2n) is 13.7. The Morgan fingerprint density at radius 3 is 2.38 bits per heavy atom. The van der Waals surface area contributed by atoms with Crippen molar-refractivity contribution >= 4 is 29.1 Å². The normalized spacial score (nSPS) is 26.5. The molecule has 214 valence electrons. The standard InChI is InChI=1S/C30H45N5O4/c1-29(2,3)24-18-34(28(37)39-30(4,5)6)14-15-35(24)27-32-25-22(12-9-13-23(25)38-27)26(36)31-19-16-20-10-8-11-21(17-19)33(20)7/h9,12-13,19-21,24H,8,10-11,14-18H2,1-7H3,(H,31,36)/t19?,20?,21?,24-/m1/s1. The second-order valence-corrected chi connectivity index (χ2v) is 13.7. The highest BCUT2D eigenvalue weighted by atomic mass is 16.6. The van der Waals surface area contributed by atoms with E-state index in [2.05, 4.69) is 42.9 Å². The number of nitrogens with zero attached hydrogens (tertiary/aromatic N) is 4. The van der Waals surface area contributed by atoms with Crippen LogP contribution in [0.25, 0.3) is 11.1 Å². The zero-order valence-electron chi connectivity index (χ0n) is 24.6. The van der Waals surface area contributed by atoms with Crippen molar-refractivity contribution in [3.63, 3.8) is 0 Å². The van der Waals surface area contributed by atoms with Gasteiger partial charge in [0.05, 0.1) is 11.6 Å². The number of rotatable bonds is 3. The first kappa shape index (κ1) is 27.7. The minimum Gasteiger partial charge on any atom is -0.444 e. The molecular weight excluding hydrogens is 494 g/mol. The lowest BCUT2D eigenvalue weighted by molar-refractivity contribution is 0.0174. The summed E-state index contributed by atoms with van der Waals surface area (Å²) in [6.45, 7) is 13.7. The fraction of sp³-hybridized carbons (Fsp3) is 0.700. The van der Waals surface area contributed by atoms with Gasteiger partial charge in [0, 0.05) is 37.8 Å². The number of ether oxygens (including phenoxy) is 1. The first-order chi connectivity index (χ1) is 18.3. The number of hydrogen-bond acceptors (Lipinski definition) is 7. The van der Waals surface area contributed by atoms with Gasteiger partial charge in [0.25, 0.3) is 11.9 Å². The number of aromatic nitrogens is 1. The number of amides is 2. The minimum atomic E-state index is -0.547. The molecule has 0 saturated carbocycles. The lowest BCUT2D eigenvalue weighted by Crippen LogP contribution is -2.60. The highest BCUT2D eigenvalue weighted by Gasteiger charge is 2.41. The summed E-state index contributed by atoms with van der Waals surface area (Å²) >= 11 is 0. The van der Waals surface area contributed by atoms with E-state index >= 15 is 0 Å². The Labute approximate surface area is 232 Å². The monoisotopic (exact) mass is 539 g/mol. The molecule has 1 aromatic carbocycles. The number of piperidine rings is 2. The van der Waals surface area contributed by atoms with Gasteiger partial charge in [0.2, 0.25) is 0 Å². The Bertz CT molecular complexity index is 1200. The first-order valence-corrected chi connectivity index (χ1v) is 14.5. The van der Waals surface area contributed by atoms with Crippen LogP contribution in [0.2, 0.25) is 0 Å². The molecule has 2 aromatic rings. The molecule has 39 heavy (non-hydrogen) atoms. The first-order valence-electron chi connectivity index (χ1n) is 14.5. The van der Waals surface area contributed by atoms with Crippen LogP contribution in [0.5, 0.6) is 0 Å². The third-order valence-electron chi connectivity index (χ3n) is 8.60. The number of carbonyl (C=O) groups excluding carboxylic acids is 2. The molecule has 9 heteroatoms. The average molecular weight is 540 g/mol. The third kappa shape index (κ3) is 5.88. The summed E-state index contributed by atoms with van der Waals surface area (Å²) in [5.74, 6) is -0.0878. The van der Waals surface area contributed by atoms with Crippen LogP contribution in [0.1, 0.15) is 84.0 Å². The van der Waals surface area contributed by atoms with E-state index in [-0.39, 0.29) is 29.5 Å². The third-order valence-corrected chi connectivity index (χ3v) is 8.60. The zero-order chi connectivity index (χ0) is 28.1. The summed E-state index contributed by atoms with van der Waals surface area (Å²) in [4.78, 5) is 37.6. The zero-order valence-corrected chi connectivity index (χ0v) is 24.6. The molecule has 3 aliphatic rings. The smallest absolute Gasteiger partial charge is 0.410 e. The van der Waals surface area contributed by atoms with Crippen molar-refractivity contribution in [2.75, 3.05) is 31.6 Å². The van der Waals surface area contributed by atoms with Crippen molar-refractivity contribution in [2.45, 2.75) is 103 Å². The maximum Gasteiger partial charge on any atom is 0.410 e. The van der Waals surface area contributed by atoms with Crippen molar-refractivity contribution in [2.24, 2.45) is 5.41 Å². The topological polar surface area (TPSA) is 91.2 Å². The Morgan fingerprint density at radius 2 is 1.74 bits per heavy atom. The molecule has 3 fully saturated rings. The van der Waals surface area contributed by atoms with Crippen LogP contribution in [0.4, 0.5) is 10.8 Å². The molecule has 0 aliphatic carbocycles. The molecule has 1 N–H and O–H groups in total. The molecule has 9 nitrogen and oxygen atoms in total.